The maximum Gasteiger partial charge on any atom is 0.0702 e. The van der Waals surface area contributed by atoms with E-state index in [1.165, 1.54) is 71.1 Å². The minimum absolute atomic E-state index is 1.02. The van der Waals surface area contributed by atoms with E-state index in [1.54, 1.807) is 0 Å². The van der Waals surface area contributed by atoms with E-state index in [9.17, 15) is 0 Å². The molecule has 0 spiro atoms. The monoisotopic (exact) mass is 532 g/mol. The molecule has 0 saturated heterocycles. The highest BCUT2D eigenvalue weighted by Gasteiger charge is 2.16. The number of hydrogen-bond donors (Lipinski definition) is 0. The van der Waals surface area contributed by atoms with Gasteiger partial charge in [-0.3, -0.25) is 9.97 Å². The number of benzene rings is 7. The van der Waals surface area contributed by atoms with Crippen molar-refractivity contribution >= 4 is 54.0 Å². The zero-order chi connectivity index (χ0) is 27.6. The van der Waals surface area contributed by atoms with Gasteiger partial charge in [0.25, 0.3) is 0 Å². The summed E-state index contributed by atoms with van der Waals surface area (Å²) in [6.07, 6.45) is 5.68. The fourth-order valence-electron chi connectivity index (χ4n) is 6.74. The fraction of sp³-hybridized carbons (Fsp3) is 0. The van der Waals surface area contributed by atoms with Crippen molar-refractivity contribution in [1.82, 2.24) is 9.97 Å². The lowest BCUT2D eigenvalue weighted by molar-refractivity contribution is 1.36. The first-order valence-corrected chi connectivity index (χ1v) is 14.3. The number of nitrogens with zero attached hydrogens (tertiary/aromatic N) is 2. The first-order valence-electron chi connectivity index (χ1n) is 14.3. The van der Waals surface area contributed by atoms with Crippen LogP contribution in [0.4, 0.5) is 0 Å². The molecule has 2 nitrogen and oxygen atoms in total. The first-order chi connectivity index (χ1) is 20.8. The van der Waals surface area contributed by atoms with Gasteiger partial charge >= 0.3 is 0 Å². The van der Waals surface area contributed by atoms with E-state index in [1.807, 2.05) is 24.7 Å². The normalized spacial score (nSPS) is 11.8. The molecule has 7 aromatic carbocycles. The molecule has 194 valence electrons. The van der Waals surface area contributed by atoms with Crippen molar-refractivity contribution in [3.05, 3.63) is 146 Å². The second kappa shape index (κ2) is 8.95. The Balaban J connectivity index is 1.22. The Morgan fingerprint density at radius 3 is 1.88 bits per heavy atom. The Kier molecular flexibility index (Phi) is 4.93. The highest BCUT2D eigenvalue weighted by molar-refractivity contribution is 6.28. The van der Waals surface area contributed by atoms with E-state index in [0.29, 0.717) is 0 Å². The number of hydrogen-bond acceptors (Lipinski definition) is 2. The molecule has 0 radical (unpaired) electrons. The number of aromatic nitrogens is 2. The zero-order valence-electron chi connectivity index (χ0n) is 22.8. The predicted molar refractivity (Wildman–Crippen MR) is 177 cm³/mol. The average molecular weight is 533 g/mol. The van der Waals surface area contributed by atoms with E-state index >= 15 is 0 Å². The summed E-state index contributed by atoms with van der Waals surface area (Å²) < 4.78 is 0. The molecule has 0 amide bonds. The lowest BCUT2D eigenvalue weighted by Crippen LogP contribution is -1.90. The van der Waals surface area contributed by atoms with E-state index in [0.717, 1.165) is 16.3 Å². The summed E-state index contributed by atoms with van der Waals surface area (Å²) in [7, 11) is 0. The molecule has 0 aliphatic carbocycles. The summed E-state index contributed by atoms with van der Waals surface area (Å²) in [5.74, 6) is 0. The fourth-order valence-corrected chi connectivity index (χ4v) is 6.74. The molecule has 0 saturated carbocycles. The summed E-state index contributed by atoms with van der Waals surface area (Å²) in [6.45, 7) is 0. The van der Waals surface area contributed by atoms with Crippen molar-refractivity contribution in [3.63, 3.8) is 0 Å². The smallest absolute Gasteiger partial charge is 0.0702 e. The standard InChI is InChI=1S/C40H24N2/c1-3-31-24-41-22-20-33(31)34(5-1)35-16-11-28-12-17-36-32(15-10-27-13-18-37(35)40(28)39(27)36)26-8-6-25(7-9-26)29-14-19-38-30(23-29)4-2-21-42-38/h1-24H. The molecule has 0 bridgehead atoms. The molecule has 9 aromatic rings. The highest BCUT2D eigenvalue weighted by atomic mass is 14.6. The summed E-state index contributed by atoms with van der Waals surface area (Å²) in [5.41, 5.74) is 8.41. The summed E-state index contributed by atoms with van der Waals surface area (Å²) in [5, 5.41) is 11.3. The maximum atomic E-state index is 4.47. The largest absolute Gasteiger partial charge is 0.264 e. The van der Waals surface area contributed by atoms with E-state index in [2.05, 4.69) is 131 Å². The van der Waals surface area contributed by atoms with Gasteiger partial charge in [0.05, 0.1) is 5.52 Å². The van der Waals surface area contributed by atoms with Crippen molar-refractivity contribution < 1.29 is 0 Å². The van der Waals surface area contributed by atoms with Gasteiger partial charge in [-0.1, -0.05) is 103 Å². The van der Waals surface area contributed by atoms with Crippen LogP contribution in [-0.2, 0) is 0 Å². The van der Waals surface area contributed by atoms with E-state index in [-0.39, 0.29) is 0 Å². The van der Waals surface area contributed by atoms with Gasteiger partial charge in [-0.15, -0.1) is 0 Å². The third-order valence-corrected chi connectivity index (χ3v) is 8.77. The van der Waals surface area contributed by atoms with Gasteiger partial charge in [-0.2, -0.15) is 0 Å². The molecule has 42 heavy (non-hydrogen) atoms. The lowest BCUT2D eigenvalue weighted by Gasteiger charge is -2.17. The molecule has 2 heteroatoms. The van der Waals surface area contributed by atoms with Crippen LogP contribution in [0.2, 0.25) is 0 Å². The minimum Gasteiger partial charge on any atom is -0.264 e. The quantitative estimate of drug-likeness (QED) is 0.212. The maximum absolute atomic E-state index is 4.47. The minimum atomic E-state index is 1.02. The molecule has 2 heterocycles. The number of pyridine rings is 2. The molecule has 0 atom stereocenters. The van der Waals surface area contributed by atoms with Crippen molar-refractivity contribution in [2.24, 2.45) is 0 Å². The van der Waals surface area contributed by atoms with Crippen LogP contribution in [0.1, 0.15) is 0 Å². The van der Waals surface area contributed by atoms with Crippen LogP contribution in [0.15, 0.2) is 146 Å². The molecule has 9 rings (SSSR count). The van der Waals surface area contributed by atoms with Crippen LogP contribution >= 0.6 is 0 Å². The topological polar surface area (TPSA) is 25.8 Å². The summed E-state index contributed by atoms with van der Waals surface area (Å²) >= 11 is 0. The molecule has 0 aliphatic rings. The van der Waals surface area contributed by atoms with Gasteiger partial charge < -0.3 is 0 Å². The van der Waals surface area contributed by atoms with Gasteiger partial charge in [0.2, 0.25) is 0 Å². The molecule has 0 aliphatic heterocycles. The van der Waals surface area contributed by atoms with Crippen LogP contribution in [0.5, 0.6) is 0 Å². The summed E-state index contributed by atoms with van der Waals surface area (Å²) in [6, 6.07) is 46.4. The molecule has 0 fully saturated rings. The van der Waals surface area contributed by atoms with Crippen LogP contribution < -0.4 is 0 Å². The zero-order valence-corrected chi connectivity index (χ0v) is 22.8. The second-order valence-electron chi connectivity index (χ2n) is 11.0. The Hall–Kier alpha value is -5.60. The van der Waals surface area contributed by atoms with E-state index in [4.69, 9.17) is 0 Å². The molecule has 2 aromatic heterocycles. The van der Waals surface area contributed by atoms with Crippen molar-refractivity contribution in [3.8, 4) is 33.4 Å². The van der Waals surface area contributed by atoms with Crippen molar-refractivity contribution in [2.45, 2.75) is 0 Å². The highest BCUT2D eigenvalue weighted by Crippen LogP contribution is 2.43. The Labute approximate surface area is 242 Å². The Morgan fingerprint density at radius 2 is 1.05 bits per heavy atom. The van der Waals surface area contributed by atoms with Crippen LogP contribution in [0, 0.1) is 0 Å². The van der Waals surface area contributed by atoms with E-state index < -0.39 is 0 Å². The predicted octanol–water partition coefficient (Wildman–Crippen LogP) is 10.7. The van der Waals surface area contributed by atoms with Crippen LogP contribution in [0.3, 0.4) is 0 Å². The van der Waals surface area contributed by atoms with Gasteiger partial charge in [-0.25, -0.2) is 0 Å². The van der Waals surface area contributed by atoms with Crippen molar-refractivity contribution in [1.29, 1.82) is 0 Å². The molecule has 0 unspecified atom stereocenters. The lowest BCUT2D eigenvalue weighted by atomic mass is 9.86. The molecular formula is C40H24N2. The second-order valence-corrected chi connectivity index (χ2v) is 11.0. The summed E-state index contributed by atoms with van der Waals surface area (Å²) in [4.78, 5) is 8.81. The van der Waals surface area contributed by atoms with Gasteiger partial charge in [0.1, 0.15) is 0 Å². The third-order valence-electron chi connectivity index (χ3n) is 8.77. The SMILES string of the molecule is c1cnc2ccc(-c3ccc(-c4ccc5ccc6c(-c7cccc8cnccc78)ccc7ccc4c5c76)cc3)cc2c1. The van der Waals surface area contributed by atoms with Gasteiger partial charge in [-0.05, 0) is 95.3 Å². The van der Waals surface area contributed by atoms with Gasteiger partial charge in [0, 0.05) is 29.4 Å². The number of rotatable bonds is 3. The van der Waals surface area contributed by atoms with Crippen LogP contribution in [-0.4, -0.2) is 9.97 Å². The molecule has 0 N–H and O–H groups in total. The average Bonchev–Trinajstić information content (AvgIpc) is 3.06. The van der Waals surface area contributed by atoms with Crippen molar-refractivity contribution in [2.75, 3.05) is 0 Å². The Morgan fingerprint density at radius 1 is 0.381 bits per heavy atom. The number of fused-ring (bicyclic) bond motifs is 2. The first kappa shape index (κ1) is 23.1. The Bertz CT molecular complexity index is 2450. The third kappa shape index (κ3) is 3.45. The van der Waals surface area contributed by atoms with Crippen LogP contribution in [0.25, 0.3) is 87.4 Å². The molecular weight excluding hydrogens is 508 g/mol. The van der Waals surface area contributed by atoms with Gasteiger partial charge in [0.15, 0.2) is 0 Å².